The number of nitrogens with one attached hydrogen (secondary N) is 1. The van der Waals surface area contributed by atoms with Gasteiger partial charge in [-0.1, -0.05) is 18.3 Å². The van der Waals surface area contributed by atoms with Crippen LogP contribution in [-0.2, 0) is 0 Å². The number of carbonyl (C=O) groups excluding carboxylic acids is 1. The van der Waals surface area contributed by atoms with Crippen LogP contribution in [0.2, 0.25) is 0 Å². The summed E-state index contributed by atoms with van der Waals surface area (Å²) in [5.74, 6) is -0.0228. The first-order valence-electron chi connectivity index (χ1n) is 6.59. The van der Waals surface area contributed by atoms with Crippen LogP contribution in [0.25, 0.3) is 0 Å². The van der Waals surface area contributed by atoms with Gasteiger partial charge in [-0.25, -0.2) is 0 Å². The van der Waals surface area contributed by atoms with Crippen molar-refractivity contribution in [2.75, 3.05) is 45.6 Å². The van der Waals surface area contributed by atoms with Crippen LogP contribution in [0, 0.1) is 0 Å². The summed E-state index contributed by atoms with van der Waals surface area (Å²) in [6.07, 6.45) is 0.942. The Morgan fingerprint density at radius 3 is 2.53 bits per heavy atom. The maximum atomic E-state index is 12.4. The minimum absolute atomic E-state index is 0.0228. The Labute approximate surface area is 118 Å². The number of hydrogen-bond donors (Lipinski definition) is 1. The largest absolute Gasteiger partial charge is 0.360 e. The number of anilines is 1. The van der Waals surface area contributed by atoms with Gasteiger partial charge >= 0.3 is 0 Å². The summed E-state index contributed by atoms with van der Waals surface area (Å²) in [5, 5.41) is 12.2. The number of aromatic nitrogens is 2. The van der Waals surface area contributed by atoms with E-state index in [2.05, 4.69) is 27.3 Å². The average molecular weight is 285 g/mol. The second-order valence-electron chi connectivity index (χ2n) is 4.54. The van der Waals surface area contributed by atoms with Gasteiger partial charge in [-0.3, -0.25) is 4.79 Å². The van der Waals surface area contributed by atoms with Crippen LogP contribution in [-0.4, -0.2) is 66.2 Å². The van der Waals surface area contributed by atoms with Crippen LogP contribution in [0.15, 0.2) is 0 Å². The maximum absolute atomic E-state index is 12.4. The van der Waals surface area contributed by atoms with E-state index in [9.17, 15) is 4.79 Å². The Morgan fingerprint density at radius 2 is 1.95 bits per heavy atom. The summed E-state index contributed by atoms with van der Waals surface area (Å²) in [6, 6.07) is 0. The van der Waals surface area contributed by atoms with Gasteiger partial charge in [0.15, 0.2) is 0 Å². The molecule has 6 nitrogen and oxygen atoms in total. The quantitative estimate of drug-likeness (QED) is 0.782. The molecule has 19 heavy (non-hydrogen) atoms. The van der Waals surface area contributed by atoms with E-state index in [4.69, 9.17) is 0 Å². The lowest BCUT2D eigenvalue weighted by Gasteiger charge is -2.22. The number of likely N-dealkylation sites (N-methyl/N-ethyl adjacent to an activating group) is 1. The highest BCUT2D eigenvalue weighted by molar-refractivity contribution is 7.17. The van der Waals surface area contributed by atoms with Crippen molar-refractivity contribution in [1.82, 2.24) is 20.0 Å². The number of carbonyl (C=O) groups is 1. The molecule has 0 unspecified atom stereocenters. The lowest BCUT2D eigenvalue weighted by atomic mass is 10.3. The summed E-state index contributed by atoms with van der Waals surface area (Å²) >= 11 is 1.32. The molecule has 0 fully saturated rings. The smallest absolute Gasteiger partial charge is 0.284 e. The normalized spacial score (nSPS) is 10.8. The molecule has 0 aromatic carbocycles. The van der Waals surface area contributed by atoms with Crippen molar-refractivity contribution >= 4 is 22.4 Å². The molecule has 108 valence electrons. The molecule has 1 heterocycles. The molecule has 1 rings (SSSR count). The second kappa shape index (κ2) is 8.06. The summed E-state index contributed by atoms with van der Waals surface area (Å²) < 4.78 is 0. The third-order valence-electron chi connectivity index (χ3n) is 2.53. The monoisotopic (exact) mass is 285 g/mol. The van der Waals surface area contributed by atoms with E-state index in [-0.39, 0.29) is 5.91 Å². The molecule has 1 amide bonds. The topological polar surface area (TPSA) is 61.4 Å². The Balaban J connectivity index is 2.68. The van der Waals surface area contributed by atoms with E-state index < -0.39 is 0 Å². The summed E-state index contributed by atoms with van der Waals surface area (Å²) in [6.45, 7) is 7.16. The fourth-order valence-corrected chi connectivity index (χ4v) is 2.35. The van der Waals surface area contributed by atoms with Crippen LogP contribution in [0.3, 0.4) is 0 Å². The fourth-order valence-electron chi connectivity index (χ4n) is 1.57. The highest BCUT2D eigenvalue weighted by atomic mass is 32.1. The molecular formula is C12H23N5OS. The molecule has 0 spiro atoms. The number of nitrogens with zero attached hydrogens (tertiary/aromatic N) is 4. The summed E-state index contributed by atoms with van der Waals surface area (Å²) in [4.78, 5) is 16.3. The van der Waals surface area contributed by atoms with Crippen molar-refractivity contribution in [1.29, 1.82) is 0 Å². The molecule has 7 heteroatoms. The second-order valence-corrected chi connectivity index (χ2v) is 5.52. The van der Waals surface area contributed by atoms with E-state index in [0.717, 1.165) is 32.6 Å². The van der Waals surface area contributed by atoms with Crippen molar-refractivity contribution < 1.29 is 4.79 Å². The van der Waals surface area contributed by atoms with Gasteiger partial charge in [0, 0.05) is 26.2 Å². The zero-order chi connectivity index (χ0) is 14.3. The van der Waals surface area contributed by atoms with Crippen LogP contribution in [0.1, 0.15) is 30.1 Å². The maximum Gasteiger partial charge on any atom is 0.284 e. The van der Waals surface area contributed by atoms with Crippen molar-refractivity contribution in [2.24, 2.45) is 0 Å². The van der Waals surface area contributed by atoms with E-state index in [1.165, 1.54) is 11.3 Å². The predicted molar refractivity (Wildman–Crippen MR) is 78.8 cm³/mol. The zero-order valence-electron chi connectivity index (χ0n) is 12.1. The first-order chi connectivity index (χ1) is 9.08. The third kappa shape index (κ3) is 5.12. The highest BCUT2D eigenvalue weighted by Crippen LogP contribution is 2.16. The molecule has 1 aromatic heterocycles. The van der Waals surface area contributed by atoms with Gasteiger partial charge in [0.05, 0.1) is 0 Å². The van der Waals surface area contributed by atoms with Gasteiger partial charge in [0.1, 0.15) is 0 Å². The van der Waals surface area contributed by atoms with Gasteiger partial charge < -0.3 is 15.1 Å². The molecule has 0 aliphatic rings. The molecule has 0 aliphatic carbocycles. The Hall–Kier alpha value is -1.21. The summed E-state index contributed by atoms with van der Waals surface area (Å²) in [5.41, 5.74) is 0. The highest BCUT2D eigenvalue weighted by Gasteiger charge is 2.19. The minimum atomic E-state index is -0.0228. The Morgan fingerprint density at radius 1 is 1.21 bits per heavy atom. The van der Waals surface area contributed by atoms with E-state index in [1.54, 1.807) is 0 Å². The number of hydrogen-bond acceptors (Lipinski definition) is 6. The third-order valence-corrected chi connectivity index (χ3v) is 3.40. The lowest BCUT2D eigenvalue weighted by Crippen LogP contribution is -2.37. The first kappa shape index (κ1) is 15.8. The van der Waals surface area contributed by atoms with Crippen molar-refractivity contribution in [3.05, 3.63) is 5.01 Å². The van der Waals surface area contributed by atoms with Gasteiger partial charge in [0.25, 0.3) is 5.91 Å². The van der Waals surface area contributed by atoms with E-state index >= 15 is 0 Å². The lowest BCUT2D eigenvalue weighted by molar-refractivity contribution is 0.0743. The molecule has 0 aliphatic heterocycles. The first-order valence-corrected chi connectivity index (χ1v) is 7.41. The van der Waals surface area contributed by atoms with Crippen LogP contribution < -0.4 is 5.32 Å². The van der Waals surface area contributed by atoms with E-state index in [0.29, 0.717) is 10.1 Å². The molecule has 1 N–H and O–H groups in total. The minimum Gasteiger partial charge on any atom is -0.360 e. The predicted octanol–water partition coefficient (Wildman–Crippen LogP) is 1.38. The van der Waals surface area contributed by atoms with Crippen LogP contribution in [0.5, 0.6) is 0 Å². The van der Waals surface area contributed by atoms with Crippen molar-refractivity contribution in [3.63, 3.8) is 0 Å². The standard InChI is InChI=1S/C12H23N5OS/c1-5-7-17(9-8-16(3)4)11(18)10-14-15-12(19-10)13-6-2/h5-9H2,1-4H3,(H,13,15). The Bertz CT molecular complexity index is 393. The summed E-state index contributed by atoms with van der Waals surface area (Å²) in [7, 11) is 4.01. The molecule has 1 aromatic rings. The molecule has 0 radical (unpaired) electrons. The van der Waals surface area contributed by atoms with Crippen molar-refractivity contribution in [2.45, 2.75) is 20.3 Å². The van der Waals surface area contributed by atoms with Crippen molar-refractivity contribution in [3.8, 4) is 0 Å². The zero-order valence-corrected chi connectivity index (χ0v) is 13.0. The molecule has 0 atom stereocenters. The number of rotatable bonds is 8. The fraction of sp³-hybridized carbons (Fsp3) is 0.750. The number of amides is 1. The van der Waals surface area contributed by atoms with Crippen LogP contribution >= 0.6 is 11.3 Å². The Kier molecular flexibility index (Phi) is 6.72. The van der Waals surface area contributed by atoms with E-state index in [1.807, 2.05) is 25.9 Å². The molecule has 0 bridgehead atoms. The van der Waals surface area contributed by atoms with Gasteiger partial charge in [-0.05, 0) is 27.4 Å². The van der Waals surface area contributed by atoms with Crippen LogP contribution in [0.4, 0.5) is 5.13 Å². The molecule has 0 saturated carbocycles. The average Bonchev–Trinajstić information content (AvgIpc) is 2.82. The van der Waals surface area contributed by atoms with Gasteiger partial charge in [0.2, 0.25) is 10.1 Å². The SMILES string of the molecule is CCCN(CCN(C)C)C(=O)c1nnc(NCC)s1. The molecular weight excluding hydrogens is 262 g/mol. The van der Waals surface area contributed by atoms with Gasteiger partial charge in [-0.2, -0.15) is 0 Å². The van der Waals surface area contributed by atoms with Gasteiger partial charge in [-0.15, -0.1) is 10.2 Å². The molecule has 0 saturated heterocycles.